The standard InChI is InChI=1S/C21H22N6O4S2/c1-14-19(15(2)31-24-14)33(29,30)26-10-8-25(9-11-26)13-17-12-18(28)27-21(22-17)32-20(23-27)16-6-4-3-5-7-16/h3-7,12H,8-11,13H2,1-2H3. The molecule has 0 atom stereocenters. The normalized spacial score (nSPS) is 15.9. The van der Waals surface area contributed by atoms with E-state index in [0.717, 1.165) is 10.6 Å². The number of benzene rings is 1. The molecule has 5 rings (SSSR count). The summed E-state index contributed by atoms with van der Waals surface area (Å²) < 4.78 is 33.8. The van der Waals surface area contributed by atoms with Crippen LogP contribution in [0.2, 0.25) is 0 Å². The molecule has 0 radical (unpaired) electrons. The highest BCUT2D eigenvalue weighted by Crippen LogP contribution is 2.25. The van der Waals surface area contributed by atoms with Crippen molar-refractivity contribution in [3.05, 3.63) is 63.9 Å². The predicted octanol–water partition coefficient (Wildman–Crippen LogP) is 1.93. The van der Waals surface area contributed by atoms with E-state index in [1.807, 2.05) is 30.3 Å². The second-order valence-electron chi connectivity index (χ2n) is 7.89. The average Bonchev–Trinajstić information content (AvgIpc) is 3.38. The maximum absolute atomic E-state index is 13.0. The molecule has 0 amide bonds. The molecule has 0 N–H and O–H groups in total. The van der Waals surface area contributed by atoms with E-state index < -0.39 is 10.0 Å². The van der Waals surface area contributed by atoms with E-state index in [9.17, 15) is 13.2 Å². The summed E-state index contributed by atoms with van der Waals surface area (Å²) in [5.41, 5.74) is 1.72. The van der Waals surface area contributed by atoms with Gasteiger partial charge in [0, 0.05) is 44.4 Å². The molecule has 3 aromatic heterocycles. The van der Waals surface area contributed by atoms with Crippen molar-refractivity contribution in [2.75, 3.05) is 26.2 Å². The molecule has 0 spiro atoms. The summed E-state index contributed by atoms with van der Waals surface area (Å²) in [7, 11) is -3.66. The summed E-state index contributed by atoms with van der Waals surface area (Å²) >= 11 is 1.37. The fourth-order valence-electron chi connectivity index (χ4n) is 3.96. The molecule has 172 valence electrons. The van der Waals surface area contributed by atoms with Gasteiger partial charge in [0.25, 0.3) is 5.56 Å². The van der Waals surface area contributed by atoms with Crippen molar-refractivity contribution < 1.29 is 12.9 Å². The maximum Gasteiger partial charge on any atom is 0.275 e. The number of piperazine rings is 1. The molecule has 1 saturated heterocycles. The molecule has 0 bridgehead atoms. The first-order valence-electron chi connectivity index (χ1n) is 10.4. The first-order valence-corrected chi connectivity index (χ1v) is 12.7. The van der Waals surface area contributed by atoms with Gasteiger partial charge in [-0.15, -0.1) is 0 Å². The van der Waals surface area contributed by atoms with Gasteiger partial charge in [0.1, 0.15) is 15.6 Å². The zero-order chi connectivity index (χ0) is 23.2. The average molecular weight is 487 g/mol. The summed E-state index contributed by atoms with van der Waals surface area (Å²) in [5, 5.41) is 8.91. The summed E-state index contributed by atoms with van der Waals surface area (Å²) in [5.74, 6) is 0.298. The second kappa shape index (κ2) is 8.45. The lowest BCUT2D eigenvalue weighted by atomic mass is 10.2. The Balaban J connectivity index is 1.31. The van der Waals surface area contributed by atoms with Gasteiger partial charge < -0.3 is 4.52 Å². The van der Waals surface area contributed by atoms with Crippen molar-refractivity contribution in [3.63, 3.8) is 0 Å². The molecule has 0 unspecified atom stereocenters. The zero-order valence-corrected chi connectivity index (χ0v) is 19.8. The van der Waals surface area contributed by atoms with E-state index in [1.165, 1.54) is 26.2 Å². The maximum atomic E-state index is 13.0. The molecule has 33 heavy (non-hydrogen) atoms. The Morgan fingerprint density at radius 2 is 1.82 bits per heavy atom. The third-order valence-corrected chi connectivity index (χ3v) is 8.70. The SMILES string of the molecule is Cc1noc(C)c1S(=O)(=O)N1CCN(Cc2cc(=O)n3nc(-c4ccccc4)sc3n2)CC1. The van der Waals surface area contributed by atoms with E-state index in [2.05, 4.69) is 20.1 Å². The molecule has 4 heterocycles. The minimum absolute atomic E-state index is 0.149. The summed E-state index contributed by atoms with van der Waals surface area (Å²) in [4.78, 5) is 20.0. The van der Waals surface area contributed by atoms with E-state index in [4.69, 9.17) is 4.52 Å². The molecule has 1 aromatic carbocycles. The lowest BCUT2D eigenvalue weighted by Crippen LogP contribution is -2.48. The molecule has 4 aromatic rings. The number of aromatic nitrogens is 4. The van der Waals surface area contributed by atoms with E-state index in [-0.39, 0.29) is 10.5 Å². The fraction of sp³-hybridized carbons (Fsp3) is 0.333. The molecule has 1 aliphatic rings. The Kier molecular flexibility index (Phi) is 5.60. The van der Waals surface area contributed by atoms with Crippen LogP contribution in [0.15, 0.2) is 50.6 Å². The number of fused-ring (bicyclic) bond motifs is 1. The monoisotopic (exact) mass is 486 g/mol. The Morgan fingerprint density at radius 1 is 1.09 bits per heavy atom. The van der Waals surface area contributed by atoms with Crippen molar-refractivity contribution in [2.24, 2.45) is 0 Å². The quantitative estimate of drug-likeness (QED) is 0.420. The van der Waals surface area contributed by atoms with Crippen LogP contribution in [-0.4, -0.2) is 63.6 Å². The molecular weight excluding hydrogens is 464 g/mol. The lowest BCUT2D eigenvalue weighted by molar-refractivity contribution is 0.180. The molecule has 10 nitrogen and oxygen atoms in total. The van der Waals surface area contributed by atoms with E-state index >= 15 is 0 Å². The van der Waals surface area contributed by atoms with Crippen LogP contribution < -0.4 is 5.56 Å². The second-order valence-corrected chi connectivity index (χ2v) is 10.7. The molecule has 12 heteroatoms. The highest BCUT2D eigenvalue weighted by atomic mass is 32.2. The van der Waals surface area contributed by atoms with E-state index in [1.54, 1.807) is 13.8 Å². The zero-order valence-electron chi connectivity index (χ0n) is 18.1. The van der Waals surface area contributed by atoms with Crippen LogP contribution in [0.3, 0.4) is 0 Å². The Morgan fingerprint density at radius 3 is 2.48 bits per heavy atom. The molecule has 1 fully saturated rings. The Bertz CT molecular complexity index is 1450. The van der Waals surface area contributed by atoms with Crippen LogP contribution in [0.1, 0.15) is 17.1 Å². The van der Waals surface area contributed by atoms with Gasteiger partial charge in [0.2, 0.25) is 15.0 Å². The van der Waals surface area contributed by atoms with Gasteiger partial charge in [-0.25, -0.2) is 13.4 Å². The number of hydrogen-bond donors (Lipinski definition) is 0. The van der Waals surface area contributed by atoms with Gasteiger partial charge in [-0.05, 0) is 13.8 Å². The minimum Gasteiger partial charge on any atom is -0.360 e. The molecule has 0 saturated carbocycles. The number of hydrogen-bond acceptors (Lipinski definition) is 9. The topological polar surface area (TPSA) is 114 Å². The van der Waals surface area contributed by atoms with Gasteiger partial charge in [-0.1, -0.05) is 46.8 Å². The van der Waals surface area contributed by atoms with Crippen LogP contribution >= 0.6 is 11.3 Å². The van der Waals surface area contributed by atoms with Crippen LogP contribution in [0.5, 0.6) is 0 Å². The van der Waals surface area contributed by atoms with Crippen molar-refractivity contribution >= 4 is 26.3 Å². The van der Waals surface area contributed by atoms with Crippen molar-refractivity contribution in [2.45, 2.75) is 25.3 Å². The van der Waals surface area contributed by atoms with E-state index in [0.29, 0.717) is 54.8 Å². The van der Waals surface area contributed by atoms with Crippen LogP contribution in [0, 0.1) is 13.8 Å². The van der Waals surface area contributed by atoms with Crippen LogP contribution in [0.25, 0.3) is 15.5 Å². The van der Waals surface area contributed by atoms with Crippen LogP contribution in [0.4, 0.5) is 0 Å². The highest BCUT2D eigenvalue weighted by molar-refractivity contribution is 7.89. The smallest absolute Gasteiger partial charge is 0.275 e. The molecule has 1 aliphatic heterocycles. The van der Waals surface area contributed by atoms with Gasteiger partial charge in [0.15, 0.2) is 5.76 Å². The van der Waals surface area contributed by atoms with Crippen molar-refractivity contribution in [1.29, 1.82) is 0 Å². The van der Waals surface area contributed by atoms with Crippen LogP contribution in [-0.2, 0) is 16.6 Å². The number of rotatable bonds is 5. The largest absolute Gasteiger partial charge is 0.360 e. The van der Waals surface area contributed by atoms with Gasteiger partial charge in [-0.2, -0.15) is 13.9 Å². The number of nitrogens with zero attached hydrogens (tertiary/aromatic N) is 6. The Labute approximate surface area is 194 Å². The minimum atomic E-state index is -3.66. The number of aryl methyl sites for hydroxylation is 2. The summed E-state index contributed by atoms with van der Waals surface area (Å²) in [6, 6.07) is 11.2. The third kappa shape index (κ3) is 4.10. The third-order valence-electron chi connectivity index (χ3n) is 5.60. The Hall–Kier alpha value is -2.93. The van der Waals surface area contributed by atoms with Gasteiger partial charge in [-0.3, -0.25) is 9.69 Å². The van der Waals surface area contributed by atoms with Gasteiger partial charge >= 0.3 is 0 Å². The van der Waals surface area contributed by atoms with Gasteiger partial charge in [0.05, 0.1) is 5.69 Å². The predicted molar refractivity (Wildman–Crippen MR) is 123 cm³/mol. The summed E-state index contributed by atoms with van der Waals surface area (Å²) in [6.45, 7) is 5.43. The molecular formula is C21H22N6O4S2. The molecule has 0 aliphatic carbocycles. The first-order chi connectivity index (χ1) is 15.8. The van der Waals surface area contributed by atoms with Crippen molar-refractivity contribution in [1.82, 2.24) is 29.0 Å². The summed E-state index contributed by atoms with van der Waals surface area (Å²) in [6.07, 6.45) is 0. The fourth-order valence-corrected chi connectivity index (χ4v) is 6.61. The number of sulfonamides is 1. The first kappa shape index (κ1) is 21.9. The highest BCUT2D eigenvalue weighted by Gasteiger charge is 2.33. The van der Waals surface area contributed by atoms with Crippen molar-refractivity contribution in [3.8, 4) is 10.6 Å². The lowest BCUT2D eigenvalue weighted by Gasteiger charge is -2.33.